The van der Waals surface area contributed by atoms with Gasteiger partial charge in [0.25, 0.3) is 5.56 Å². The zero-order valence-electron chi connectivity index (χ0n) is 12.4. The van der Waals surface area contributed by atoms with Gasteiger partial charge in [-0.2, -0.15) is 0 Å². The molecule has 22 heavy (non-hydrogen) atoms. The molecule has 6 heteroatoms. The van der Waals surface area contributed by atoms with Crippen molar-refractivity contribution in [2.45, 2.75) is 26.4 Å². The van der Waals surface area contributed by atoms with Gasteiger partial charge in [-0.05, 0) is 31.0 Å². The number of rotatable bonds is 2. The van der Waals surface area contributed by atoms with Crippen LogP contribution in [-0.4, -0.2) is 28.2 Å². The fourth-order valence-corrected chi connectivity index (χ4v) is 3.05. The maximum Gasteiger partial charge on any atom is 0.254 e. The standard InChI is InChI=1S/C16H17N3O3/c1-10-17-13-8-19(5-4-12(13)16(20)18-10)7-11-2-3-14-15(6-11)22-9-21-14/h2-3,6H,4-5,7-9H2,1H3,(H,17,18,20). The molecule has 0 radical (unpaired) electrons. The van der Waals surface area contributed by atoms with Crippen molar-refractivity contribution in [3.63, 3.8) is 0 Å². The molecule has 2 aliphatic heterocycles. The molecule has 0 bridgehead atoms. The Morgan fingerprint density at radius 3 is 3.09 bits per heavy atom. The lowest BCUT2D eigenvalue weighted by molar-refractivity contribution is 0.174. The number of nitrogens with one attached hydrogen (secondary N) is 1. The third kappa shape index (κ3) is 2.35. The van der Waals surface area contributed by atoms with Gasteiger partial charge in [-0.15, -0.1) is 0 Å². The Bertz CT molecular complexity index is 785. The Hall–Kier alpha value is -2.34. The highest BCUT2D eigenvalue weighted by Gasteiger charge is 2.21. The van der Waals surface area contributed by atoms with E-state index < -0.39 is 0 Å². The molecule has 0 unspecified atom stereocenters. The van der Waals surface area contributed by atoms with Crippen molar-refractivity contribution in [1.82, 2.24) is 14.9 Å². The molecule has 2 aliphatic rings. The number of nitrogens with zero attached hydrogens (tertiary/aromatic N) is 2. The molecule has 0 saturated heterocycles. The normalized spacial score (nSPS) is 16.6. The van der Waals surface area contributed by atoms with Crippen LogP contribution >= 0.6 is 0 Å². The molecule has 0 aliphatic carbocycles. The predicted molar refractivity (Wildman–Crippen MR) is 80.0 cm³/mol. The second-order valence-electron chi connectivity index (χ2n) is 5.72. The van der Waals surface area contributed by atoms with Crippen LogP contribution in [0.3, 0.4) is 0 Å². The molecule has 3 heterocycles. The SMILES string of the molecule is Cc1nc2c(c(=O)[nH]1)CCN(Cc1ccc3c(c1)OCO3)C2. The lowest BCUT2D eigenvalue weighted by Crippen LogP contribution is -2.35. The summed E-state index contributed by atoms with van der Waals surface area (Å²) in [6, 6.07) is 6.02. The number of H-pyrrole nitrogens is 1. The first kappa shape index (κ1) is 13.3. The molecule has 0 spiro atoms. The van der Waals surface area contributed by atoms with Crippen LogP contribution in [0.2, 0.25) is 0 Å². The van der Waals surface area contributed by atoms with E-state index in [0.717, 1.165) is 42.3 Å². The molecular weight excluding hydrogens is 282 g/mol. The summed E-state index contributed by atoms with van der Waals surface area (Å²) in [7, 11) is 0. The first-order valence-corrected chi connectivity index (χ1v) is 7.38. The first-order valence-electron chi connectivity index (χ1n) is 7.38. The van der Waals surface area contributed by atoms with E-state index in [4.69, 9.17) is 9.47 Å². The summed E-state index contributed by atoms with van der Waals surface area (Å²) in [5.41, 5.74) is 2.90. The zero-order valence-corrected chi connectivity index (χ0v) is 12.4. The molecule has 0 amide bonds. The Morgan fingerprint density at radius 2 is 2.18 bits per heavy atom. The number of ether oxygens (including phenoxy) is 2. The summed E-state index contributed by atoms with van der Waals surface area (Å²) in [5.74, 6) is 2.28. The van der Waals surface area contributed by atoms with Gasteiger partial charge < -0.3 is 14.5 Å². The lowest BCUT2D eigenvalue weighted by atomic mass is 10.1. The van der Waals surface area contributed by atoms with E-state index in [0.29, 0.717) is 19.2 Å². The molecule has 0 fully saturated rings. The van der Waals surface area contributed by atoms with Crippen LogP contribution in [0, 0.1) is 6.92 Å². The molecule has 1 N–H and O–H groups in total. The summed E-state index contributed by atoms with van der Waals surface area (Å²) in [5, 5.41) is 0. The van der Waals surface area contributed by atoms with Crippen molar-refractivity contribution in [1.29, 1.82) is 0 Å². The quantitative estimate of drug-likeness (QED) is 0.907. The number of aromatic amines is 1. The molecule has 1 aromatic heterocycles. The van der Waals surface area contributed by atoms with Crippen LogP contribution in [-0.2, 0) is 19.5 Å². The van der Waals surface area contributed by atoms with E-state index in [1.165, 1.54) is 5.56 Å². The second kappa shape index (κ2) is 5.14. The lowest BCUT2D eigenvalue weighted by Gasteiger charge is -2.27. The van der Waals surface area contributed by atoms with Gasteiger partial charge in [0.2, 0.25) is 6.79 Å². The monoisotopic (exact) mass is 299 g/mol. The molecule has 0 atom stereocenters. The third-order valence-corrected chi connectivity index (χ3v) is 4.11. The Kier molecular flexibility index (Phi) is 3.11. The Labute approximate surface area is 127 Å². The van der Waals surface area contributed by atoms with Crippen LogP contribution in [0.1, 0.15) is 22.6 Å². The van der Waals surface area contributed by atoms with Gasteiger partial charge in [-0.25, -0.2) is 4.98 Å². The number of aryl methyl sites for hydroxylation is 1. The number of benzene rings is 1. The van der Waals surface area contributed by atoms with Gasteiger partial charge in [0, 0.05) is 25.2 Å². The van der Waals surface area contributed by atoms with Crippen LogP contribution in [0.15, 0.2) is 23.0 Å². The number of hydrogen-bond donors (Lipinski definition) is 1. The number of hydrogen-bond acceptors (Lipinski definition) is 5. The summed E-state index contributed by atoms with van der Waals surface area (Å²) >= 11 is 0. The van der Waals surface area contributed by atoms with Gasteiger partial charge in [0.15, 0.2) is 11.5 Å². The molecule has 0 saturated carbocycles. The minimum absolute atomic E-state index is 0.00484. The van der Waals surface area contributed by atoms with Crippen LogP contribution in [0.4, 0.5) is 0 Å². The maximum atomic E-state index is 11.9. The average Bonchev–Trinajstić information content (AvgIpc) is 2.94. The summed E-state index contributed by atoms with van der Waals surface area (Å²) < 4.78 is 10.7. The molecule has 2 aromatic rings. The van der Waals surface area contributed by atoms with Crippen LogP contribution < -0.4 is 15.0 Å². The number of fused-ring (bicyclic) bond motifs is 2. The summed E-state index contributed by atoms with van der Waals surface area (Å²) in [4.78, 5) is 21.5. The van der Waals surface area contributed by atoms with E-state index in [-0.39, 0.29) is 5.56 Å². The average molecular weight is 299 g/mol. The van der Waals surface area contributed by atoms with Gasteiger partial charge in [0.05, 0.1) is 5.69 Å². The molecule has 4 rings (SSSR count). The highest BCUT2D eigenvalue weighted by molar-refractivity contribution is 5.44. The fourth-order valence-electron chi connectivity index (χ4n) is 3.05. The van der Waals surface area contributed by atoms with Gasteiger partial charge in [0.1, 0.15) is 5.82 Å². The number of aromatic nitrogens is 2. The summed E-state index contributed by atoms with van der Waals surface area (Å²) in [6.45, 7) is 4.48. The van der Waals surface area contributed by atoms with Gasteiger partial charge >= 0.3 is 0 Å². The highest BCUT2D eigenvalue weighted by atomic mass is 16.7. The van der Waals surface area contributed by atoms with Crippen molar-refractivity contribution < 1.29 is 9.47 Å². The van der Waals surface area contributed by atoms with Crippen molar-refractivity contribution in [2.24, 2.45) is 0 Å². The smallest absolute Gasteiger partial charge is 0.254 e. The minimum Gasteiger partial charge on any atom is -0.454 e. The Morgan fingerprint density at radius 1 is 1.32 bits per heavy atom. The Balaban J connectivity index is 1.54. The second-order valence-corrected chi connectivity index (χ2v) is 5.72. The molecular formula is C16H17N3O3. The summed E-state index contributed by atoms with van der Waals surface area (Å²) in [6.07, 6.45) is 0.739. The topological polar surface area (TPSA) is 67.5 Å². The fraction of sp³-hybridized carbons (Fsp3) is 0.375. The van der Waals surface area contributed by atoms with E-state index in [1.54, 1.807) is 0 Å². The largest absolute Gasteiger partial charge is 0.454 e. The minimum atomic E-state index is 0.00484. The highest BCUT2D eigenvalue weighted by Crippen LogP contribution is 2.33. The predicted octanol–water partition coefficient (Wildman–Crippen LogP) is 1.37. The van der Waals surface area contributed by atoms with E-state index in [1.807, 2.05) is 19.1 Å². The van der Waals surface area contributed by atoms with Crippen molar-refractivity contribution >= 4 is 0 Å². The molecule has 114 valence electrons. The zero-order chi connectivity index (χ0) is 15.1. The molecule has 1 aromatic carbocycles. The van der Waals surface area contributed by atoms with Crippen molar-refractivity contribution in [3.8, 4) is 11.5 Å². The van der Waals surface area contributed by atoms with Gasteiger partial charge in [-0.1, -0.05) is 6.07 Å². The van der Waals surface area contributed by atoms with E-state index in [9.17, 15) is 4.79 Å². The first-order chi connectivity index (χ1) is 10.7. The molecule has 6 nitrogen and oxygen atoms in total. The van der Waals surface area contributed by atoms with E-state index in [2.05, 4.69) is 20.9 Å². The maximum absolute atomic E-state index is 11.9. The van der Waals surface area contributed by atoms with Crippen LogP contribution in [0.5, 0.6) is 11.5 Å². The third-order valence-electron chi connectivity index (χ3n) is 4.11. The van der Waals surface area contributed by atoms with Crippen LogP contribution in [0.25, 0.3) is 0 Å². The van der Waals surface area contributed by atoms with E-state index >= 15 is 0 Å². The van der Waals surface area contributed by atoms with Crippen molar-refractivity contribution in [3.05, 3.63) is 51.2 Å². The van der Waals surface area contributed by atoms with Gasteiger partial charge in [-0.3, -0.25) is 9.69 Å². The van der Waals surface area contributed by atoms with Crippen molar-refractivity contribution in [2.75, 3.05) is 13.3 Å².